The van der Waals surface area contributed by atoms with Gasteiger partial charge in [0.2, 0.25) is 0 Å². The van der Waals surface area contributed by atoms with Gasteiger partial charge >= 0.3 is 0 Å². The van der Waals surface area contributed by atoms with Gasteiger partial charge in [-0.2, -0.15) is 0 Å². The molecular formula is C34H37FN4O. The van der Waals surface area contributed by atoms with Crippen molar-refractivity contribution < 1.29 is 9.18 Å². The molecule has 2 heterocycles. The third-order valence-electron chi connectivity index (χ3n) is 8.45. The summed E-state index contributed by atoms with van der Waals surface area (Å²) in [7, 11) is 0. The molecule has 4 aromatic rings. The fraction of sp³-hybridized carbons (Fsp3) is 0.382. The van der Waals surface area contributed by atoms with Crippen LogP contribution in [-0.4, -0.2) is 45.2 Å². The van der Waals surface area contributed by atoms with Crippen LogP contribution in [0.1, 0.15) is 90.8 Å². The van der Waals surface area contributed by atoms with E-state index < -0.39 is 0 Å². The second-order valence-electron chi connectivity index (χ2n) is 11.4. The lowest BCUT2D eigenvalue weighted by atomic mass is 9.93. The summed E-state index contributed by atoms with van der Waals surface area (Å²) in [4.78, 5) is 25.5. The van der Waals surface area contributed by atoms with Crippen LogP contribution in [0.4, 0.5) is 4.39 Å². The van der Waals surface area contributed by atoms with Crippen molar-refractivity contribution in [3.63, 3.8) is 0 Å². The molecule has 0 N–H and O–H groups in total. The molecule has 1 unspecified atom stereocenters. The quantitative estimate of drug-likeness (QED) is 0.230. The van der Waals surface area contributed by atoms with Crippen molar-refractivity contribution >= 4 is 22.7 Å². The van der Waals surface area contributed by atoms with E-state index in [1.54, 1.807) is 6.07 Å². The lowest BCUT2D eigenvalue weighted by molar-refractivity contribution is 0.0710. The molecule has 40 heavy (non-hydrogen) atoms. The first kappa shape index (κ1) is 26.4. The maximum absolute atomic E-state index is 14.1. The van der Waals surface area contributed by atoms with Crippen LogP contribution in [0.5, 0.6) is 0 Å². The molecule has 1 saturated heterocycles. The zero-order chi connectivity index (χ0) is 27.8. The number of imidazole rings is 1. The number of aromatic nitrogens is 2. The average Bonchev–Trinajstić information content (AvgIpc) is 3.74. The van der Waals surface area contributed by atoms with Crippen molar-refractivity contribution in [1.29, 1.82) is 0 Å². The van der Waals surface area contributed by atoms with Gasteiger partial charge in [-0.3, -0.25) is 9.79 Å². The second-order valence-corrected chi connectivity index (χ2v) is 11.4. The molecule has 1 saturated carbocycles. The normalized spacial score (nSPS) is 17.4. The maximum atomic E-state index is 14.1. The number of hydrogen-bond acceptors (Lipinski definition) is 3. The Kier molecular flexibility index (Phi) is 7.26. The van der Waals surface area contributed by atoms with Crippen LogP contribution in [0.15, 0.2) is 71.7 Å². The highest BCUT2D eigenvalue weighted by atomic mass is 19.1. The molecule has 0 radical (unpaired) electrons. The highest BCUT2D eigenvalue weighted by Gasteiger charge is 2.33. The van der Waals surface area contributed by atoms with Gasteiger partial charge in [0.1, 0.15) is 11.6 Å². The van der Waals surface area contributed by atoms with E-state index in [1.807, 2.05) is 36.1 Å². The molecule has 6 rings (SSSR count). The molecule has 0 spiro atoms. The van der Waals surface area contributed by atoms with Crippen LogP contribution in [0.2, 0.25) is 0 Å². The van der Waals surface area contributed by atoms with E-state index in [0.29, 0.717) is 17.5 Å². The van der Waals surface area contributed by atoms with Crippen LogP contribution in [-0.2, 0) is 0 Å². The number of para-hydroxylation sites is 2. The molecule has 206 valence electrons. The zero-order valence-corrected chi connectivity index (χ0v) is 23.6. The largest absolute Gasteiger partial charge is 0.339 e. The van der Waals surface area contributed by atoms with Gasteiger partial charge in [0, 0.05) is 47.8 Å². The topological polar surface area (TPSA) is 50.5 Å². The summed E-state index contributed by atoms with van der Waals surface area (Å²) >= 11 is 0. The zero-order valence-electron chi connectivity index (χ0n) is 23.6. The van der Waals surface area contributed by atoms with Gasteiger partial charge in [0.05, 0.1) is 16.7 Å². The highest BCUT2D eigenvalue weighted by molar-refractivity contribution is 6.14. The molecule has 1 aliphatic heterocycles. The number of halogens is 1. The molecule has 0 bridgehead atoms. The number of piperidine rings is 1. The smallest absolute Gasteiger partial charge is 0.253 e. The number of aryl methyl sites for hydroxylation is 1. The first-order valence-corrected chi connectivity index (χ1v) is 14.6. The Hall–Kier alpha value is -3.80. The van der Waals surface area contributed by atoms with Crippen LogP contribution in [0.25, 0.3) is 11.0 Å². The Labute approximate surface area is 235 Å². The number of hydrogen-bond donors (Lipinski definition) is 0. The second kappa shape index (κ2) is 11.0. The number of nitrogens with zero attached hydrogens (tertiary/aromatic N) is 4. The fourth-order valence-corrected chi connectivity index (χ4v) is 5.90. The van der Waals surface area contributed by atoms with Gasteiger partial charge in [-0.05, 0) is 87.9 Å². The Morgan fingerprint density at radius 1 is 1.00 bits per heavy atom. The van der Waals surface area contributed by atoms with Gasteiger partial charge in [-0.15, -0.1) is 0 Å². The number of rotatable bonds is 7. The van der Waals surface area contributed by atoms with E-state index in [2.05, 4.69) is 42.7 Å². The van der Waals surface area contributed by atoms with Crippen LogP contribution >= 0.6 is 0 Å². The van der Waals surface area contributed by atoms with E-state index in [9.17, 15) is 9.18 Å². The molecule has 6 heteroatoms. The first-order chi connectivity index (χ1) is 19.4. The molecule has 2 aliphatic rings. The van der Waals surface area contributed by atoms with Crippen molar-refractivity contribution in [2.45, 2.75) is 70.9 Å². The summed E-state index contributed by atoms with van der Waals surface area (Å²) in [6.07, 6.45) is 5.18. The van der Waals surface area contributed by atoms with Gasteiger partial charge in [0.15, 0.2) is 0 Å². The number of carbonyl (C=O) groups excluding carboxylic acids is 1. The minimum atomic E-state index is -0.282. The minimum Gasteiger partial charge on any atom is -0.339 e. The summed E-state index contributed by atoms with van der Waals surface area (Å²) in [5.41, 5.74) is 6.42. The Balaban J connectivity index is 1.20. The molecule has 3 aromatic carbocycles. The van der Waals surface area contributed by atoms with E-state index in [1.165, 1.54) is 36.3 Å². The van der Waals surface area contributed by atoms with Crippen molar-refractivity contribution in [1.82, 2.24) is 14.5 Å². The molecule has 5 nitrogen and oxygen atoms in total. The maximum Gasteiger partial charge on any atom is 0.253 e. The number of aliphatic imine (C=N–C) groups is 1. The predicted molar refractivity (Wildman–Crippen MR) is 159 cm³/mol. The van der Waals surface area contributed by atoms with Crippen molar-refractivity contribution in [2.75, 3.05) is 13.1 Å². The Morgan fingerprint density at radius 2 is 1.77 bits per heavy atom. The molecule has 1 aromatic heterocycles. The number of carbonyl (C=O) groups is 1. The van der Waals surface area contributed by atoms with Crippen LogP contribution < -0.4 is 0 Å². The molecule has 2 fully saturated rings. The standard InChI is InChI=1S/C34H37FN4O/c1-4-23(3)36-32(25-8-7-9-27(35)21-25)29-15-12-26(20-22(29)2)34(40)38-18-16-24(17-19-38)33-37-30-10-5-6-11-31(30)39(33)28-13-14-28/h5-12,15,20-21,23-24,28H,4,13-14,16-19H2,1-3H3. The third-order valence-corrected chi connectivity index (χ3v) is 8.45. The van der Waals surface area contributed by atoms with Crippen LogP contribution in [0.3, 0.4) is 0 Å². The summed E-state index contributed by atoms with van der Waals surface area (Å²) in [6, 6.07) is 21.5. The minimum absolute atomic E-state index is 0.0648. The first-order valence-electron chi connectivity index (χ1n) is 14.6. The summed E-state index contributed by atoms with van der Waals surface area (Å²) in [6.45, 7) is 7.61. The van der Waals surface area contributed by atoms with Crippen molar-refractivity contribution in [3.05, 3.63) is 101 Å². The van der Waals surface area contributed by atoms with Gasteiger partial charge < -0.3 is 9.47 Å². The summed E-state index contributed by atoms with van der Waals surface area (Å²) in [5.74, 6) is 1.35. The van der Waals surface area contributed by atoms with E-state index >= 15 is 0 Å². The van der Waals surface area contributed by atoms with Gasteiger partial charge in [0.25, 0.3) is 5.91 Å². The SMILES string of the molecule is CCC(C)N=C(c1cccc(F)c1)c1ccc(C(=O)N2CCC(c3nc4ccccc4n3C3CC3)CC2)cc1C. The molecular weight excluding hydrogens is 499 g/mol. The van der Waals surface area contributed by atoms with Crippen molar-refractivity contribution in [3.8, 4) is 0 Å². The number of fused-ring (bicyclic) bond motifs is 1. The summed E-state index contributed by atoms with van der Waals surface area (Å²) in [5, 5.41) is 0. The average molecular weight is 537 g/mol. The van der Waals surface area contributed by atoms with Gasteiger partial charge in [-0.1, -0.05) is 37.3 Å². The monoisotopic (exact) mass is 536 g/mol. The molecule has 1 atom stereocenters. The third kappa shape index (κ3) is 5.19. The lowest BCUT2D eigenvalue weighted by Gasteiger charge is -2.32. The van der Waals surface area contributed by atoms with Gasteiger partial charge in [-0.25, -0.2) is 9.37 Å². The van der Waals surface area contributed by atoms with E-state index in [-0.39, 0.29) is 17.8 Å². The Morgan fingerprint density at radius 3 is 2.48 bits per heavy atom. The Bertz CT molecular complexity index is 1580. The fourth-order valence-electron chi connectivity index (χ4n) is 5.90. The number of benzene rings is 3. The lowest BCUT2D eigenvalue weighted by Crippen LogP contribution is -2.38. The van der Waals surface area contributed by atoms with E-state index in [4.69, 9.17) is 9.98 Å². The number of likely N-dealkylation sites (tertiary alicyclic amines) is 1. The van der Waals surface area contributed by atoms with Crippen molar-refractivity contribution in [2.24, 2.45) is 4.99 Å². The van der Waals surface area contributed by atoms with E-state index in [0.717, 1.165) is 60.3 Å². The predicted octanol–water partition coefficient (Wildman–Crippen LogP) is 7.47. The van der Waals surface area contributed by atoms with Crippen LogP contribution in [0, 0.1) is 12.7 Å². The summed E-state index contributed by atoms with van der Waals surface area (Å²) < 4.78 is 16.6. The molecule has 1 aliphatic carbocycles. The molecule has 1 amide bonds. The number of amides is 1. The highest BCUT2D eigenvalue weighted by Crippen LogP contribution is 2.42.